The van der Waals surface area contributed by atoms with Gasteiger partial charge in [0.1, 0.15) is 11.4 Å². The van der Waals surface area contributed by atoms with Crippen LogP contribution in [0.3, 0.4) is 0 Å². The topological polar surface area (TPSA) is 58.0 Å². The van der Waals surface area contributed by atoms with Crippen LogP contribution >= 0.6 is 0 Å². The smallest absolute Gasteiger partial charge is 0.433 e. The van der Waals surface area contributed by atoms with Crippen LogP contribution in [0.5, 0.6) is 0 Å². The second-order valence-corrected chi connectivity index (χ2v) is 2.52. The molecule has 14 heavy (non-hydrogen) atoms. The molecule has 0 fully saturated rings. The molecule has 1 heterocycles. The van der Waals surface area contributed by atoms with E-state index in [1.165, 1.54) is 6.92 Å². The van der Waals surface area contributed by atoms with Crippen LogP contribution in [-0.4, -0.2) is 15.7 Å². The van der Waals surface area contributed by atoms with Crippen molar-refractivity contribution in [3.05, 3.63) is 17.5 Å². The van der Waals surface area contributed by atoms with E-state index < -0.39 is 23.5 Å². The molecule has 4 nitrogen and oxygen atoms in total. The van der Waals surface area contributed by atoms with Gasteiger partial charge in [-0.2, -0.15) is 18.3 Å². The van der Waals surface area contributed by atoms with Gasteiger partial charge in [-0.1, -0.05) is 0 Å². The average molecular weight is 207 g/mol. The van der Waals surface area contributed by atoms with Crippen LogP contribution < -0.4 is 5.11 Å². The second kappa shape index (κ2) is 3.32. The first-order chi connectivity index (χ1) is 6.36. The Kier molecular flexibility index (Phi) is 2.50. The highest BCUT2D eigenvalue weighted by atomic mass is 19.4. The second-order valence-electron chi connectivity index (χ2n) is 2.52. The van der Waals surface area contributed by atoms with Crippen LogP contribution in [0.4, 0.5) is 13.2 Å². The lowest BCUT2D eigenvalue weighted by atomic mass is 10.3. The van der Waals surface area contributed by atoms with Crippen LogP contribution in [0.25, 0.3) is 0 Å². The van der Waals surface area contributed by atoms with E-state index in [2.05, 4.69) is 5.10 Å². The summed E-state index contributed by atoms with van der Waals surface area (Å²) in [5.74, 6) is -1.72. The summed E-state index contributed by atoms with van der Waals surface area (Å²) in [4.78, 5) is 10.3. The summed E-state index contributed by atoms with van der Waals surface area (Å²) in [6, 6.07) is 0.457. The molecule has 78 valence electrons. The Bertz CT molecular complexity index is 356. The van der Waals surface area contributed by atoms with Crippen LogP contribution in [0, 0.1) is 0 Å². The average Bonchev–Trinajstić information content (AvgIpc) is 2.46. The normalized spacial score (nSPS) is 11.7. The molecule has 0 aromatic carbocycles. The van der Waals surface area contributed by atoms with Gasteiger partial charge >= 0.3 is 6.18 Å². The van der Waals surface area contributed by atoms with Gasteiger partial charge in [0.2, 0.25) is 0 Å². The van der Waals surface area contributed by atoms with Crippen molar-refractivity contribution in [2.45, 2.75) is 19.6 Å². The molecule has 0 unspecified atom stereocenters. The van der Waals surface area contributed by atoms with Gasteiger partial charge in [-0.25, -0.2) is 0 Å². The first-order valence-electron chi connectivity index (χ1n) is 3.72. The molecule has 0 spiro atoms. The molecular weight excluding hydrogens is 201 g/mol. The molecule has 0 bridgehead atoms. The van der Waals surface area contributed by atoms with Crippen molar-refractivity contribution in [2.24, 2.45) is 0 Å². The van der Waals surface area contributed by atoms with Gasteiger partial charge in [-0.3, -0.25) is 4.68 Å². The van der Waals surface area contributed by atoms with E-state index in [0.29, 0.717) is 10.7 Å². The van der Waals surface area contributed by atoms with Crippen molar-refractivity contribution in [3.8, 4) is 0 Å². The molecular formula is C7H6F3N2O2-. The Morgan fingerprint density at radius 2 is 2.21 bits per heavy atom. The summed E-state index contributed by atoms with van der Waals surface area (Å²) in [6.07, 6.45) is -4.60. The lowest BCUT2D eigenvalue weighted by molar-refractivity contribution is -0.255. The zero-order chi connectivity index (χ0) is 10.9. The van der Waals surface area contributed by atoms with Crippen LogP contribution in [0.1, 0.15) is 23.1 Å². The summed E-state index contributed by atoms with van der Waals surface area (Å²) in [5.41, 5.74) is -1.79. The van der Waals surface area contributed by atoms with Crippen molar-refractivity contribution < 1.29 is 23.1 Å². The van der Waals surface area contributed by atoms with Crippen molar-refractivity contribution in [1.82, 2.24) is 9.78 Å². The van der Waals surface area contributed by atoms with Gasteiger partial charge in [-0.05, 0) is 13.0 Å². The van der Waals surface area contributed by atoms with E-state index >= 15 is 0 Å². The molecule has 7 heteroatoms. The summed E-state index contributed by atoms with van der Waals surface area (Å²) in [7, 11) is 0. The number of hydrogen-bond acceptors (Lipinski definition) is 3. The maximum atomic E-state index is 12.2. The number of carbonyl (C=O) groups is 1. The first-order valence-corrected chi connectivity index (χ1v) is 3.72. The standard InChI is InChI=1S/C7H7F3N2O2/c1-2-12-5(7(8,9)10)3-4(11-12)6(13)14/h3H,2H2,1H3,(H,13,14)/p-1. The van der Waals surface area contributed by atoms with Crippen molar-refractivity contribution in [2.75, 3.05) is 0 Å². The zero-order valence-corrected chi connectivity index (χ0v) is 7.13. The van der Waals surface area contributed by atoms with Gasteiger partial charge in [0.15, 0.2) is 0 Å². The van der Waals surface area contributed by atoms with E-state index in [0.717, 1.165) is 0 Å². The molecule has 0 radical (unpaired) electrons. The molecule has 0 aliphatic carbocycles. The monoisotopic (exact) mass is 207 g/mol. The van der Waals surface area contributed by atoms with E-state index in [1.807, 2.05) is 0 Å². The van der Waals surface area contributed by atoms with Gasteiger partial charge < -0.3 is 9.90 Å². The lowest BCUT2D eigenvalue weighted by Crippen LogP contribution is -2.23. The lowest BCUT2D eigenvalue weighted by Gasteiger charge is -2.06. The molecule has 0 amide bonds. The van der Waals surface area contributed by atoms with Crippen LogP contribution in [-0.2, 0) is 12.7 Å². The third kappa shape index (κ3) is 1.86. The first kappa shape index (κ1) is 10.6. The number of nitrogens with zero attached hydrogens (tertiary/aromatic N) is 2. The number of hydrogen-bond donors (Lipinski definition) is 0. The fourth-order valence-electron chi connectivity index (χ4n) is 0.986. The molecule has 0 saturated heterocycles. The highest BCUT2D eigenvalue weighted by Crippen LogP contribution is 2.29. The largest absolute Gasteiger partial charge is 0.543 e. The predicted molar refractivity (Wildman–Crippen MR) is 37.2 cm³/mol. The minimum absolute atomic E-state index is 0.0534. The van der Waals surface area contributed by atoms with E-state index in [4.69, 9.17) is 0 Å². The summed E-state index contributed by atoms with van der Waals surface area (Å²) in [6.45, 7) is 1.38. The number of carbonyl (C=O) groups excluding carboxylic acids is 1. The fraction of sp³-hybridized carbons (Fsp3) is 0.429. The van der Waals surface area contributed by atoms with Gasteiger partial charge in [0.05, 0.1) is 5.97 Å². The van der Waals surface area contributed by atoms with E-state index in [9.17, 15) is 23.1 Å². The number of halogens is 3. The fourth-order valence-corrected chi connectivity index (χ4v) is 0.986. The minimum atomic E-state index is -4.60. The Labute approximate surface area is 77.0 Å². The number of aryl methyl sites for hydroxylation is 1. The number of carboxylic acid groups (broad SMARTS) is 1. The van der Waals surface area contributed by atoms with E-state index in [-0.39, 0.29) is 6.54 Å². The maximum Gasteiger partial charge on any atom is 0.433 e. The van der Waals surface area contributed by atoms with Crippen molar-refractivity contribution >= 4 is 5.97 Å². The molecule has 0 aliphatic rings. The Hall–Kier alpha value is -1.53. The molecule has 0 N–H and O–H groups in total. The molecule has 1 aromatic rings. The molecule has 1 rings (SSSR count). The number of rotatable bonds is 2. The number of alkyl halides is 3. The number of aromatic carboxylic acids is 1. The zero-order valence-electron chi connectivity index (χ0n) is 7.13. The molecule has 0 aliphatic heterocycles. The van der Waals surface area contributed by atoms with Crippen LogP contribution in [0.15, 0.2) is 6.07 Å². The Morgan fingerprint density at radius 3 is 2.50 bits per heavy atom. The quantitative estimate of drug-likeness (QED) is 0.700. The van der Waals surface area contributed by atoms with Gasteiger partial charge in [0, 0.05) is 6.54 Å². The summed E-state index contributed by atoms with van der Waals surface area (Å²) >= 11 is 0. The summed E-state index contributed by atoms with van der Waals surface area (Å²) in [5, 5.41) is 13.5. The Balaban J connectivity index is 3.22. The van der Waals surface area contributed by atoms with Crippen molar-refractivity contribution in [1.29, 1.82) is 0 Å². The predicted octanol–water partition coefficient (Wildman–Crippen LogP) is 0.285. The summed E-state index contributed by atoms with van der Waals surface area (Å²) < 4.78 is 37.3. The third-order valence-electron chi connectivity index (χ3n) is 1.58. The minimum Gasteiger partial charge on any atom is -0.543 e. The maximum absolute atomic E-state index is 12.2. The van der Waals surface area contributed by atoms with Gasteiger partial charge in [-0.15, -0.1) is 0 Å². The Morgan fingerprint density at radius 1 is 1.64 bits per heavy atom. The number of carboxylic acids is 1. The van der Waals surface area contributed by atoms with Crippen molar-refractivity contribution in [3.63, 3.8) is 0 Å². The molecule has 0 atom stereocenters. The van der Waals surface area contributed by atoms with E-state index in [1.54, 1.807) is 0 Å². The third-order valence-corrected chi connectivity index (χ3v) is 1.58. The van der Waals surface area contributed by atoms with Crippen LogP contribution in [0.2, 0.25) is 0 Å². The SMILES string of the molecule is CCn1nc(C(=O)[O-])cc1C(F)(F)F. The number of aromatic nitrogens is 2. The highest BCUT2D eigenvalue weighted by molar-refractivity contribution is 5.83. The highest BCUT2D eigenvalue weighted by Gasteiger charge is 2.35. The molecule has 1 aromatic heterocycles. The van der Waals surface area contributed by atoms with Gasteiger partial charge in [0.25, 0.3) is 0 Å². The molecule has 0 saturated carbocycles.